The zero-order valence-corrected chi connectivity index (χ0v) is 72.6. The molecule has 4 aromatic carbocycles. The number of piperidine rings is 4. The third-order valence-electron chi connectivity index (χ3n) is 27.3. The highest BCUT2D eigenvalue weighted by molar-refractivity contribution is 6.31. The van der Waals surface area contributed by atoms with Crippen LogP contribution < -0.4 is 28.3 Å². The Labute approximate surface area is 714 Å². The van der Waals surface area contributed by atoms with Gasteiger partial charge in [0.2, 0.25) is 23.6 Å². The van der Waals surface area contributed by atoms with Crippen LogP contribution in [0.25, 0.3) is 31.3 Å². The van der Waals surface area contributed by atoms with Gasteiger partial charge < -0.3 is 52.6 Å². The molecule has 4 aromatic rings. The van der Waals surface area contributed by atoms with E-state index in [1.54, 1.807) is 32.9 Å². The van der Waals surface area contributed by atoms with E-state index < -0.39 is 35.9 Å². The van der Waals surface area contributed by atoms with Crippen molar-refractivity contribution in [3.8, 4) is 0 Å². The van der Waals surface area contributed by atoms with Gasteiger partial charge >= 0.3 is 6.09 Å². The van der Waals surface area contributed by atoms with Crippen LogP contribution in [0.1, 0.15) is 223 Å². The van der Waals surface area contributed by atoms with Crippen LogP contribution in [-0.2, 0) is 49.6 Å². The summed E-state index contributed by atoms with van der Waals surface area (Å²) in [5, 5.41) is 17.4. The van der Waals surface area contributed by atoms with Gasteiger partial charge in [0.05, 0.1) is 18.1 Å². The van der Waals surface area contributed by atoms with Crippen LogP contribution in [-0.4, -0.2) is 158 Å². The molecule has 0 unspecified atom stereocenters. The number of hydrogen-bond acceptors (Lipinski definition) is 13. The number of likely N-dealkylation sites (tertiary alicyclic amines) is 4. The summed E-state index contributed by atoms with van der Waals surface area (Å²) in [5.41, 5.74) is 55.1. The standard InChI is InChI=1S/C26H38ClN5O3.2C21H30ClN5O.C21H32ClN3O/c1-25(2,3)35-24(34)30-22(17-19-9-11-21(27)12-10-19)23(33)32-15-13-26(14-16-32,18-29-31-28)20-7-5-4-6-8-20;2*22-18-8-6-16(7-9-18)14-19(23)20(28)27-12-10-21(11-13-27,15-25-26-24)17-4-2-1-3-5-17;22-18-8-6-16(7-9-18)14-19(24)20(26)25-12-10-21(15-23,11-13-25)17-4-2-1-3-5-17/h9-12,20,22H,4-8,13-18H2,1-3H3,(H,30,34);2*6-9,17,19H,1-5,10-15,23H2;6-9,17,19H,1-5,10-15,23-24H2/t22-;3*19-/m1111/s1. The quantitative estimate of drug-likeness (QED) is 0.0251. The van der Waals surface area contributed by atoms with Gasteiger partial charge in [-0.2, -0.15) is 0 Å². The van der Waals surface area contributed by atoms with E-state index in [1.165, 1.54) is 116 Å². The van der Waals surface area contributed by atoms with Crippen LogP contribution in [0.15, 0.2) is 112 Å². The number of ether oxygens (including phenoxy) is 1. The third-order valence-corrected chi connectivity index (χ3v) is 28.3. The lowest BCUT2D eigenvalue weighted by molar-refractivity contribution is -0.137. The largest absolute Gasteiger partial charge is 0.444 e. The van der Waals surface area contributed by atoms with Crippen LogP contribution in [0.5, 0.6) is 0 Å². The maximum Gasteiger partial charge on any atom is 0.408 e. The average molecular weight is 1690 g/mol. The Balaban J connectivity index is 0.000000179. The fraction of sp³-hybridized carbons (Fsp3) is 0.674. The number of halogens is 4. The second kappa shape index (κ2) is 46.1. The number of azide groups is 3. The van der Waals surface area contributed by atoms with Crippen molar-refractivity contribution in [2.24, 2.45) is 83.6 Å². The number of nitrogens with two attached hydrogens (primary N) is 4. The van der Waals surface area contributed by atoms with Crippen molar-refractivity contribution in [1.82, 2.24) is 24.9 Å². The zero-order chi connectivity index (χ0) is 84.0. The van der Waals surface area contributed by atoms with E-state index in [-0.39, 0.29) is 45.3 Å². The SMILES string of the molecule is CC(C)(C)OC(=O)N[C@H](Cc1ccc(Cl)cc1)C(=O)N1CCC(CN=[N+]=[N-])(C2CCCCC2)CC1.NCC1(C2CCCCC2)CCN(C(=O)[C@H](N)Cc2ccc(Cl)cc2)CC1.[N-]=[N+]=NCC1(C2CCCCC2)CCN(C(=O)[C@H](N)Cc2ccc(Cl)cc2)CC1.[N-]=[N+]=NCC1(C2CCCCC2)CCN(C(=O)[C@H](N)Cc2ccc(Cl)cc2)CC1. The molecule has 640 valence electrons. The first-order valence-electron chi connectivity index (χ1n) is 43.4. The van der Waals surface area contributed by atoms with E-state index in [4.69, 9.17) is 90.7 Å². The monoisotopic (exact) mass is 1690 g/mol. The van der Waals surface area contributed by atoms with Crippen molar-refractivity contribution in [3.05, 3.63) is 171 Å². The Morgan fingerprint density at radius 1 is 0.402 bits per heavy atom. The molecule has 0 aromatic heterocycles. The predicted octanol–water partition coefficient (Wildman–Crippen LogP) is 19.1. The molecule has 4 aliphatic carbocycles. The summed E-state index contributed by atoms with van der Waals surface area (Å²) in [6.45, 7) is 13.3. The lowest BCUT2D eigenvalue weighted by atomic mass is 9.64. The minimum atomic E-state index is -0.745. The summed E-state index contributed by atoms with van der Waals surface area (Å²) in [6.07, 6.45) is 33.7. The smallest absolute Gasteiger partial charge is 0.408 e. The van der Waals surface area contributed by atoms with Crippen molar-refractivity contribution in [1.29, 1.82) is 0 Å². The normalized spacial score (nSPS) is 20.8. The molecule has 0 spiro atoms. The van der Waals surface area contributed by atoms with Crippen molar-refractivity contribution in [2.75, 3.05) is 78.5 Å². The minimum Gasteiger partial charge on any atom is -0.444 e. The highest BCUT2D eigenvalue weighted by Crippen LogP contribution is 2.50. The van der Waals surface area contributed by atoms with Crippen LogP contribution >= 0.6 is 46.4 Å². The second-order valence-corrected chi connectivity index (χ2v) is 37.5. The van der Waals surface area contributed by atoms with Crippen LogP contribution in [0.3, 0.4) is 0 Å². The second-order valence-electron chi connectivity index (χ2n) is 35.8. The molecule has 4 atom stereocenters. The molecule has 8 fully saturated rings. The molecular weight excluding hydrogens is 1560 g/mol. The minimum absolute atomic E-state index is 0.0102. The summed E-state index contributed by atoms with van der Waals surface area (Å²) in [7, 11) is 0. The third kappa shape index (κ3) is 27.7. The summed E-state index contributed by atoms with van der Waals surface area (Å²) in [5.74, 6) is 2.44. The Kier molecular flexibility index (Phi) is 37.0. The van der Waals surface area contributed by atoms with Gasteiger partial charge in [0.15, 0.2) is 0 Å². The first kappa shape index (κ1) is 93.8. The molecule has 4 saturated heterocycles. The highest BCUT2D eigenvalue weighted by atomic mass is 35.5. The van der Waals surface area contributed by atoms with Crippen molar-refractivity contribution < 1.29 is 28.7 Å². The molecule has 117 heavy (non-hydrogen) atoms. The predicted molar refractivity (Wildman–Crippen MR) is 468 cm³/mol. The molecule has 28 heteroatoms. The number of carbonyl (C=O) groups is 5. The number of amides is 5. The number of nitrogens with one attached hydrogen (secondary N) is 1. The maximum atomic E-state index is 13.6. The van der Waals surface area contributed by atoms with E-state index in [0.29, 0.717) is 122 Å². The molecule has 4 aliphatic heterocycles. The number of rotatable bonds is 24. The summed E-state index contributed by atoms with van der Waals surface area (Å²) in [6, 6.07) is 27.5. The molecule has 24 nitrogen and oxygen atoms in total. The van der Waals surface area contributed by atoms with Gasteiger partial charge in [0.25, 0.3) is 0 Å². The summed E-state index contributed by atoms with van der Waals surface area (Å²) in [4.78, 5) is 81.4. The van der Waals surface area contributed by atoms with Crippen LogP contribution in [0.4, 0.5) is 4.79 Å². The Morgan fingerprint density at radius 2 is 0.632 bits per heavy atom. The number of nitrogens with zero attached hydrogens (tertiary/aromatic N) is 13. The summed E-state index contributed by atoms with van der Waals surface area (Å²) >= 11 is 23.8. The number of hydrogen-bond donors (Lipinski definition) is 5. The molecule has 8 aliphatic rings. The molecule has 4 saturated carbocycles. The first-order valence-corrected chi connectivity index (χ1v) is 44.9. The molecule has 12 rings (SSSR count). The fourth-order valence-electron chi connectivity index (χ4n) is 20.2. The van der Waals surface area contributed by atoms with Gasteiger partial charge in [0, 0.05) is 113 Å². The van der Waals surface area contributed by atoms with E-state index in [9.17, 15) is 24.0 Å². The van der Waals surface area contributed by atoms with E-state index >= 15 is 0 Å². The lowest BCUT2D eigenvalue weighted by Gasteiger charge is -2.48. The van der Waals surface area contributed by atoms with Gasteiger partial charge in [0.1, 0.15) is 11.6 Å². The lowest BCUT2D eigenvalue weighted by Crippen LogP contribution is -2.55. The summed E-state index contributed by atoms with van der Waals surface area (Å²) < 4.78 is 5.43. The Hall–Kier alpha value is -7.04. The Morgan fingerprint density at radius 3 is 0.872 bits per heavy atom. The van der Waals surface area contributed by atoms with Crippen molar-refractivity contribution >= 4 is 76.1 Å². The molecule has 9 N–H and O–H groups in total. The fourth-order valence-corrected chi connectivity index (χ4v) is 20.8. The zero-order valence-electron chi connectivity index (χ0n) is 69.6. The van der Waals surface area contributed by atoms with Crippen LogP contribution in [0, 0.1) is 45.3 Å². The topological polar surface area (TPSA) is 370 Å². The van der Waals surface area contributed by atoms with E-state index in [1.807, 2.05) is 105 Å². The molecular formula is C89H130Cl4N18O6. The number of carbonyl (C=O) groups excluding carboxylic acids is 5. The van der Waals surface area contributed by atoms with E-state index in [0.717, 1.165) is 112 Å². The first-order chi connectivity index (χ1) is 56.2. The highest BCUT2D eigenvalue weighted by Gasteiger charge is 2.47. The van der Waals surface area contributed by atoms with Crippen LogP contribution in [0.2, 0.25) is 20.1 Å². The van der Waals surface area contributed by atoms with Crippen molar-refractivity contribution in [2.45, 2.75) is 256 Å². The van der Waals surface area contributed by atoms with Gasteiger partial charge in [-0.3, -0.25) is 19.2 Å². The molecule has 4 heterocycles. The van der Waals surface area contributed by atoms with Gasteiger partial charge in [-0.05, 0) is 282 Å². The molecule has 0 radical (unpaired) electrons. The van der Waals surface area contributed by atoms with Gasteiger partial charge in [-0.25, -0.2) is 4.79 Å². The van der Waals surface area contributed by atoms with Crippen molar-refractivity contribution in [3.63, 3.8) is 0 Å². The van der Waals surface area contributed by atoms with E-state index in [2.05, 4.69) is 35.4 Å². The van der Waals surface area contributed by atoms with Gasteiger partial charge in [-0.1, -0.05) is 187 Å². The maximum absolute atomic E-state index is 13.6. The molecule has 5 amide bonds. The molecule has 0 bridgehead atoms. The Bertz CT molecular complexity index is 3790. The number of alkyl carbamates (subject to hydrolysis) is 1. The van der Waals surface area contributed by atoms with Gasteiger partial charge in [-0.15, -0.1) is 0 Å². The average Bonchev–Trinajstić information content (AvgIpc) is 0.807. The number of benzene rings is 4.